The SMILES string of the molecule is CCCC(C)Nc1ccc(S(N)(=O)=O)c(N)c1. The minimum absolute atomic E-state index is 0.0359. The van der Waals surface area contributed by atoms with Crippen LogP contribution in [0.3, 0.4) is 0 Å². The largest absolute Gasteiger partial charge is 0.398 e. The van der Waals surface area contributed by atoms with Crippen LogP contribution in [-0.4, -0.2) is 14.5 Å². The normalized spacial score (nSPS) is 13.4. The van der Waals surface area contributed by atoms with Crippen LogP contribution in [0.2, 0.25) is 0 Å². The van der Waals surface area contributed by atoms with Crippen molar-refractivity contribution in [3.8, 4) is 0 Å². The van der Waals surface area contributed by atoms with Gasteiger partial charge in [-0.3, -0.25) is 0 Å². The van der Waals surface area contributed by atoms with Gasteiger partial charge in [0, 0.05) is 11.7 Å². The Balaban J connectivity index is 2.90. The molecule has 0 aliphatic rings. The summed E-state index contributed by atoms with van der Waals surface area (Å²) in [7, 11) is -3.74. The molecule has 1 aromatic carbocycles. The summed E-state index contributed by atoms with van der Waals surface area (Å²) in [5.41, 5.74) is 6.63. The van der Waals surface area contributed by atoms with Crippen molar-refractivity contribution in [2.24, 2.45) is 5.14 Å². The average Bonchev–Trinajstić information content (AvgIpc) is 2.15. The molecule has 0 saturated carbocycles. The van der Waals surface area contributed by atoms with Crippen LogP contribution in [0.25, 0.3) is 0 Å². The van der Waals surface area contributed by atoms with E-state index in [2.05, 4.69) is 19.2 Å². The molecular formula is C11H19N3O2S. The maximum atomic E-state index is 11.2. The molecule has 1 unspecified atom stereocenters. The van der Waals surface area contributed by atoms with Crippen LogP contribution >= 0.6 is 0 Å². The van der Waals surface area contributed by atoms with Crippen LogP contribution in [0, 0.1) is 0 Å². The third kappa shape index (κ3) is 3.90. The molecule has 17 heavy (non-hydrogen) atoms. The number of primary sulfonamides is 1. The van der Waals surface area contributed by atoms with Crippen molar-refractivity contribution in [1.29, 1.82) is 0 Å². The summed E-state index contributed by atoms with van der Waals surface area (Å²) in [4.78, 5) is -0.0359. The van der Waals surface area contributed by atoms with E-state index in [9.17, 15) is 8.42 Å². The number of nitrogens with two attached hydrogens (primary N) is 2. The molecule has 0 saturated heterocycles. The molecule has 5 N–H and O–H groups in total. The average molecular weight is 257 g/mol. The second-order valence-electron chi connectivity index (χ2n) is 4.13. The highest BCUT2D eigenvalue weighted by molar-refractivity contribution is 7.89. The van der Waals surface area contributed by atoms with E-state index < -0.39 is 10.0 Å². The summed E-state index contributed by atoms with van der Waals surface area (Å²) < 4.78 is 22.3. The molecule has 0 radical (unpaired) electrons. The van der Waals surface area contributed by atoms with Gasteiger partial charge in [0.2, 0.25) is 10.0 Å². The van der Waals surface area contributed by atoms with Crippen molar-refractivity contribution >= 4 is 21.4 Å². The Hall–Kier alpha value is -1.27. The molecule has 5 nitrogen and oxygen atoms in total. The van der Waals surface area contributed by atoms with E-state index in [4.69, 9.17) is 10.9 Å². The molecule has 6 heteroatoms. The number of rotatable bonds is 5. The molecule has 0 aromatic heterocycles. The standard InChI is InChI=1S/C11H19N3O2S/c1-3-4-8(2)14-9-5-6-11(10(12)7-9)17(13,15)16/h5-8,14H,3-4,12H2,1-2H3,(H2,13,15,16). The maximum Gasteiger partial charge on any atom is 0.240 e. The van der Waals surface area contributed by atoms with Gasteiger partial charge < -0.3 is 11.1 Å². The van der Waals surface area contributed by atoms with Gasteiger partial charge in [-0.05, 0) is 31.5 Å². The zero-order chi connectivity index (χ0) is 13.1. The molecule has 0 heterocycles. The Kier molecular flexibility index (Phi) is 4.36. The van der Waals surface area contributed by atoms with Crippen molar-refractivity contribution in [1.82, 2.24) is 0 Å². The van der Waals surface area contributed by atoms with E-state index in [-0.39, 0.29) is 10.6 Å². The van der Waals surface area contributed by atoms with Crippen LogP contribution in [0.5, 0.6) is 0 Å². The van der Waals surface area contributed by atoms with Gasteiger partial charge in [0.25, 0.3) is 0 Å². The third-order valence-corrected chi connectivity index (χ3v) is 3.44. The third-order valence-electron chi connectivity index (χ3n) is 2.45. The molecule has 1 atom stereocenters. The molecule has 0 bridgehead atoms. The van der Waals surface area contributed by atoms with Crippen LogP contribution in [0.1, 0.15) is 26.7 Å². The number of hydrogen-bond acceptors (Lipinski definition) is 4. The predicted octanol–water partition coefficient (Wildman–Crippen LogP) is 1.52. The Morgan fingerprint density at radius 1 is 1.41 bits per heavy atom. The maximum absolute atomic E-state index is 11.2. The summed E-state index contributed by atoms with van der Waals surface area (Å²) >= 11 is 0. The molecule has 0 aliphatic carbocycles. The summed E-state index contributed by atoms with van der Waals surface area (Å²) in [5, 5.41) is 8.28. The van der Waals surface area contributed by atoms with Gasteiger partial charge in [-0.15, -0.1) is 0 Å². The molecule has 0 spiro atoms. The van der Waals surface area contributed by atoms with E-state index in [1.54, 1.807) is 12.1 Å². The number of sulfonamides is 1. The van der Waals surface area contributed by atoms with Gasteiger partial charge in [-0.2, -0.15) is 0 Å². The smallest absolute Gasteiger partial charge is 0.240 e. The Morgan fingerprint density at radius 3 is 2.53 bits per heavy atom. The van der Waals surface area contributed by atoms with Gasteiger partial charge in [0.05, 0.1) is 5.69 Å². The highest BCUT2D eigenvalue weighted by atomic mass is 32.2. The molecular weight excluding hydrogens is 238 g/mol. The lowest BCUT2D eigenvalue weighted by molar-refractivity contribution is 0.598. The Labute approximate surface area is 102 Å². The van der Waals surface area contributed by atoms with Crippen LogP contribution in [0.4, 0.5) is 11.4 Å². The fraction of sp³-hybridized carbons (Fsp3) is 0.455. The summed E-state index contributed by atoms with van der Waals surface area (Å²) in [6, 6.07) is 5.00. The minimum atomic E-state index is -3.74. The molecule has 0 fully saturated rings. The first-order chi connectivity index (χ1) is 7.84. The molecule has 0 amide bonds. The number of benzene rings is 1. The number of hydrogen-bond donors (Lipinski definition) is 3. The fourth-order valence-corrected chi connectivity index (χ4v) is 2.33. The van der Waals surface area contributed by atoms with E-state index in [0.717, 1.165) is 18.5 Å². The van der Waals surface area contributed by atoms with Gasteiger partial charge in [0.1, 0.15) is 4.90 Å². The first-order valence-corrected chi connectivity index (χ1v) is 7.08. The number of nitrogen functional groups attached to an aromatic ring is 1. The first kappa shape index (κ1) is 13.8. The van der Waals surface area contributed by atoms with Gasteiger partial charge in [0.15, 0.2) is 0 Å². The summed E-state index contributed by atoms with van der Waals surface area (Å²) in [5.74, 6) is 0. The number of nitrogens with one attached hydrogen (secondary N) is 1. The van der Waals surface area contributed by atoms with E-state index in [1.807, 2.05) is 0 Å². The summed E-state index contributed by atoms with van der Waals surface area (Å²) in [6.45, 7) is 4.17. The number of anilines is 2. The van der Waals surface area contributed by atoms with Gasteiger partial charge in [-0.1, -0.05) is 13.3 Å². The second kappa shape index (κ2) is 5.37. The first-order valence-electron chi connectivity index (χ1n) is 5.53. The zero-order valence-corrected chi connectivity index (χ0v) is 10.9. The van der Waals surface area contributed by atoms with Crippen LogP contribution in [0.15, 0.2) is 23.1 Å². The highest BCUT2D eigenvalue weighted by Gasteiger charge is 2.12. The Morgan fingerprint density at radius 2 is 2.06 bits per heavy atom. The summed E-state index contributed by atoms with van der Waals surface area (Å²) in [6.07, 6.45) is 2.12. The molecule has 96 valence electrons. The molecule has 0 aliphatic heterocycles. The van der Waals surface area contributed by atoms with Crippen LogP contribution in [-0.2, 0) is 10.0 Å². The highest BCUT2D eigenvalue weighted by Crippen LogP contribution is 2.22. The van der Waals surface area contributed by atoms with Crippen molar-refractivity contribution in [2.75, 3.05) is 11.1 Å². The Bertz CT molecular complexity index is 485. The van der Waals surface area contributed by atoms with Crippen LogP contribution < -0.4 is 16.2 Å². The fourth-order valence-electron chi connectivity index (χ4n) is 1.69. The molecule has 1 aromatic rings. The quantitative estimate of drug-likeness (QED) is 0.696. The zero-order valence-electron chi connectivity index (χ0n) is 10.1. The van der Waals surface area contributed by atoms with Crippen molar-refractivity contribution in [2.45, 2.75) is 37.6 Å². The minimum Gasteiger partial charge on any atom is -0.398 e. The second-order valence-corrected chi connectivity index (χ2v) is 5.66. The van der Waals surface area contributed by atoms with Gasteiger partial charge >= 0.3 is 0 Å². The van der Waals surface area contributed by atoms with E-state index in [1.165, 1.54) is 6.07 Å². The van der Waals surface area contributed by atoms with Crippen molar-refractivity contribution in [3.05, 3.63) is 18.2 Å². The van der Waals surface area contributed by atoms with Crippen molar-refractivity contribution < 1.29 is 8.42 Å². The monoisotopic (exact) mass is 257 g/mol. The van der Waals surface area contributed by atoms with E-state index >= 15 is 0 Å². The lowest BCUT2D eigenvalue weighted by Crippen LogP contribution is -2.16. The predicted molar refractivity (Wildman–Crippen MR) is 70.2 cm³/mol. The van der Waals surface area contributed by atoms with Gasteiger partial charge in [-0.25, -0.2) is 13.6 Å². The topological polar surface area (TPSA) is 98.2 Å². The lowest BCUT2D eigenvalue weighted by atomic mass is 10.2. The van der Waals surface area contributed by atoms with Crippen molar-refractivity contribution in [3.63, 3.8) is 0 Å². The lowest BCUT2D eigenvalue weighted by Gasteiger charge is -2.15. The van der Waals surface area contributed by atoms with E-state index in [0.29, 0.717) is 6.04 Å². The molecule has 1 rings (SSSR count).